The van der Waals surface area contributed by atoms with E-state index < -0.39 is 0 Å². The average Bonchev–Trinajstić information content (AvgIpc) is 3.10. The van der Waals surface area contributed by atoms with Crippen molar-refractivity contribution < 1.29 is 4.79 Å². The van der Waals surface area contributed by atoms with Gasteiger partial charge in [-0.3, -0.25) is 4.79 Å². The van der Waals surface area contributed by atoms with E-state index in [0.717, 1.165) is 43.6 Å². The minimum Gasteiger partial charge on any atom is -0.370 e. The van der Waals surface area contributed by atoms with Crippen molar-refractivity contribution in [2.45, 2.75) is 32.2 Å². The smallest absolute Gasteiger partial charge is 0.217 e. The monoisotopic (exact) mass is 269 g/mol. The van der Waals surface area contributed by atoms with Gasteiger partial charge in [0.1, 0.15) is 6.07 Å². The van der Waals surface area contributed by atoms with Crippen LogP contribution >= 0.6 is 0 Å². The Morgan fingerprint density at radius 2 is 2.10 bits per heavy atom. The summed E-state index contributed by atoms with van der Waals surface area (Å²) in [5.74, 6) is 0.0733. The first-order chi connectivity index (χ1) is 9.64. The second kappa shape index (κ2) is 4.82. The summed E-state index contributed by atoms with van der Waals surface area (Å²) in [5.41, 5.74) is 2.11. The molecule has 3 rings (SSSR count). The van der Waals surface area contributed by atoms with Crippen LogP contribution in [0.15, 0.2) is 24.3 Å². The molecule has 20 heavy (non-hydrogen) atoms. The summed E-state index contributed by atoms with van der Waals surface area (Å²) in [5, 5.41) is 12.2. The molecule has 1 atom stereocenters. The topological polar surface area (TPSA) is 56.1 Å². The molecule has 1 saturated heterocycles. The first kappa shape index (κ1) is 13.0. The van der Waals surface area contributed by atoms with Gasteiger partial charge in [-0.15, -0.1) is 0 Å². The van der Waals surface area contributed by atoms with Gasteiger partial charge in [-0.05, 0) is 36.8 Å². The number of rotatable bonds is 2. The molecule has 0 radical (unpaired) electrons. The molecular weight excluding hydrogens is 250 g/mol. The minimum atomic E-state index is 0.0733. The number of hydrogen-bond acceptors (Lipinski definition) is 3. The summed E-state index contributed by atoms with van der Waals surface area (Å²) in [6.45, 7) is 3.52. The number of carbonyl (C=O) groups excluding carboxylic acids is 1. The number of benzene rings is 1. The van der Waals surface area contributed by atoms with E-state index in [0.29, 0.717) is 11.5 Å². The molecule has 1 aromatic carbocycles. The number of carbonyl (C=O) groups is 1. The highest BCUT2D eigenvalue weighted by Crippen LogP contribution is 2.54. The number of piperidine rings is 1. The van der Waals surface area contributed by atoms with Crippen molar-refractivity contribution in [1.29, 1.82) is 5.26 Å². The number of para-hydroxylation sites is 1. The van der Waals surface area contributed by atoms with Crippen LogP contribution in [0.4, 0.5) is 5.69 Å². The average molecular weight is 269 g/mol. The summed E-state index contributed by atoms with van der Waals surface area (Å²) in [6.07, 6.45) is 3.30. The van der Waals surface area contributed by atoms with Crippen molar-refractivity contribution in [3.05, 3.63) is 29.8 Å². The molecule has 1 heterocycles. The van der Waals surface area contributed by atoms with Gasteiger partial charge in [0.05, 0.1) is 11.3 Å². The van der Waals surface area contributed by atoms with E-state index in [1.165, 1.54) is 0 Å². The maximum absolute atomic E-state index is 11.1. The quantitative estimate of drug-likeness (QED) is 0.894. The molecular formula is C16H19N3O. The molecule has 1 amide bonds. The molecule has 4 heteroatoms. The third-order valence-corrected chi connectivity index (χ3v) is 4.69. The molecule has 104 valence electrons. The largest absolute Gasteiger partial charge is 0.370 e. The lowest BCUT2D eigenvalue weighted by Gasteiger charge is -2.35. The van der Waals surface area contributed by atoms with Crippen molar-refractivity contribution >= 4 is 11.6 Å². The van der Waals surface area contributed by atoms with Crippen molar-refractivity contribution in [3.63, 3.8) is 0 Å². The molecule has 2 fully saturated rings. The van der Waals surface area contributed by atoms with Crippen LogP contribution in [0.3, 0.4) is 0 Å². The fourth-order valence-electron chi connectivity index (χ4n) is 3.39. The highest BCUT2D eigenvalue weighted by molar-refractivity contribution is 5.73. The predicted molar refractivity (Wildman–Crippen MR) is 77.3 cm³/mol. The number of anilines is 1. The van der Waals surface area contributed by atoms with Crippen LogP contribution in [0.25, 0.3) is 0 Å². The normalized spacial score (nSPS) is 23.2. The zero-order valence-electron chi connectivity index (χ0n) is 11.7. The fourth-order valence-corrected chi connectivity index (χ4v) is 3.39. The van der Waals surface area contributed by atoms with Crippen LogP contribution in [0.2, 0.25) is 0 Å². The van der Waals surface area contributed by atoms with E-state index in [1.54, 1.807) is 6.92 Å². The van der Waals surface area contributed by atoms with E-state index in [-0.39, 0.29) is 5.91 Å². The molecule has 1 saturated carbocycles. The summed E-state index contributed by atoms with van der Waals surface area (Å²) in [6, 6.07) is 10.4. The Bertz CT molecular complexity index is 567. The Kier molecular flexibility index (Phi) is 3.13. The number of nitrogens with zero attached hydrogens (tertiary/aromatic N) is 2. The molecule has 2 aliphatic rings. The Labute approximate surface area is 119 Å². The second-order valence-corrected chi connectivity index (χ2v) is 5.94. The SMILES string of the molecule is CC(=O)NC1CC12CCN(c1ccccc1C#N)CC2. The molecule has 1 spiro atoms. The Morgan fingerprint density at radius 3 is 2.75 bits per heavy atom. The van der Waals surface area contributed by atoms with Crippen LogP contribution in [-0.4, -0.2) is 25.0 Å². The van der Waals surface area contributed by atoms with Gasteiger partial charge in [0.25, 0.3) is 0 Å². The third-order valence-electron chi connectivity index (χ3n) is 4.69. The van der Waals surface area contributed by atoms with Crippen molar-refractivity contribution in [2.24, 2.45) is 5.41 Å². The minimum absolute atomic E-state index is 0.0733. The van der Waals surface area contributed by atoms with Gasteiger partial charge >= 0.3 is 0 Å². The number of amides is 1. The molecule has 0 aromatic heterocycles. The van der Waals surface area contributed by atoms with Gasteiger partial charge in [-0.2, -0.15) is 5.26 Å². The van der Waals surface area contributed by atoms with Gasteiger partial charge in [0.15, 0.2) is 0 Å². The summed E-state index contributed by atoms with van der Waals surface area (Å²) < 4.78 is 0. The number of nitriles is 1. The molecule has 1 aliphatic heterocycles. The van der Waals surface area contributed by atoms with Crippen LogP contribution in [-0.2, 0) is 4.79 Å². The Morgan fingerprint density at radius 1 is 1.40 bits per heavy atom. The van der Waals surface area contributed by atoms with Gasteiger partial charge in [-0.25, -0.2) is 0 Å². The molecule has 1 aromatic rings. The highest BCUT2D eigenvalue weighted by atomic mass is 16.1. The maximum atomic E-state index is 11.1. The van der Waals surface area contributed by atoms with Crippen LogP contribution in [0, 0.1) is 16.7 Å². The Hall–Kier alpha value is -2.02. The summed E-state index contributed by atoms with van der Waals surface area (Å²) in [7, 11) is 0. The predicted octanol–water partition coefficient (Wildman–Crippen LogP) is 2.05. The molecule has 1 aliphatic carbocycles. The first-order valence-electron chi connectivity index (χ1n) is 7.16. The van der Waals surface area contributed by atoms with Crippen molar-refractivity contribution in [1.82, 2.24) is 5.32 Å². The van der Waals surface area contributed by atoms with E-state index in [4.69, 9.17) is 0 Å². The lowest BCUT2D eigenvalue weighted by Crippen LogP contribution is -2.38. The van der Waals surface area contributed by atoms with Gasteiger partial charge < -0.3 is 10.2 Å². The summed E-state index contributed by atoms with van der Waals surface area (Å²) in [4.78, 5) is 13.4. The lowest BCUT2D eigenvalue weighted by molar-refractivity contribution is -0.119. The Balaban J connectivity index is 1.65. The summed E-state index contributed by atoms with van der Waals surface area (Å²) >= 11 is 0. The van der Waals surface area contributed by atoms with E-state index >= 15 is 0 Å². The first-order valence-corrected chi connectivity index (χ1v) is 7.16. The van der Waals surface area contributed by atoms with E-state index in [2.05, 4.69) is 16.3 Å². The maximum Gasteiger partial charge on any atom is 0.217 e. The van der Waals surface area contributed by atoms with E-state index in [9.17, 15) is 10.1 Å². The number of hydrogen-bond donors (Lipinski definition) is 1. The van der Waals surface area contributed by atoms with Gasteiger partial charge in [0, 0.05) is 26.1 Å². The zero-order chi connectivity index (χ0) is 14.2. The van der Waals surface area contributed by atoms with Crippen LogP contribution in [0.5, 0.6) is 0 Å². The fraction of sp³-hybridized carbons (Fsp3) is 0.500. The standard InChI is InChI=1S/C16H19N3O/c1-12(20)18-15-10-16(15)6-8-19(9-7-16)14-5-3-2-4-13(14)11-17/h2-5,15H,6-10H2,1H3,(H,18,20). The van der Waals surface area contributed by atoms with Crippen LogP contribution in [0.1, 0.15) is 31.7 Å². The molecule has 1 N–H and O–H groups in total. The molecule has 1 unspecified atom stereocenters. The second-order valence-electron chi connectivity index (χ2n) is 5.94. The number of nitrogens with one attached hydrogen (secondary N) is 1. The van der Waals surface area contributed by atoms with E-state index in [1.807, 2.05) is 24.3 Å². The van der Waals surface area contributed by atoms with Crippen molar-refractivity contribution in [3.8, 4) is 6.07 Å². The lowest BCUT2D eigenvalue weighted by atomic mass is 9.92. The molecule has 0 bridgehead atoms. The van der Waals surface area contributed by atoms with Gasteiger partial charge in [0.2, 0.25) is 5.91 Å². The van der Waals surface area contributed by atoms with Crippen molar-refractivity contribution in [2.75, 3.05) is 18.0 Å². The van der Waals surface area contributed by atoms with Crippen LogP contribution < -0.4 is 10.2 Å². The zero-order valence-corrected chi connectivity index (χ0v) is 11.7. The highest BCUT2D eigenvalue weighted by Gasteiger charge is 2.55. The third kappa shape index (κ3) is 2.24. The molecule has 4 nitrogen and oxygen atoms in total. The van der Waals surface area contributed by atoms with Gasteiger partial charge in [-0.1, -0.05) is 12.1 Å².